The van der Waals surface area contributed by atoms with Crippen molar-refractivity contribution in [3.05, 3.63) is 35.4 Å². The molecule has 1 heterocycles. The SMILES string of the molecule is COC(=O)c1cccc(C2CCNCC2O)c1. The first-order valence-electron chi connectivity index (χ1n) is 5.79. The van der Waals surface area contributed by atoms with Gasteiger partial charge in [0, 0.05) is 12.5 Å². The smallest absolute Gasteiger partial charge is 0.337 e. The van der Waals surface area contributed by atoms with Gasteiger partial charge in [0.25, 0.3) is 0 Å². The molecule has 1 saturated heterocycles. The highest BCUT2D eigenvalue weighted by atomic mass is 16.5. The number of aliphatic hydroxyl groups excluding tert-OH is 1. The molecule has 0 aliphatic carbocycles. The number of benzene rings is 1. The summed E-state index contributed by atoms with van der Waals surface area (Å²) >= 11 is 0. The summed E-state index contributed by atoms with van der Waals surface area (Å²) in [4.78, 5) is 11.4. The van der Waals surface area contributed by atoms with Crippen LogP contribution in [-0.4, -0.2) is 37.4 Å². The number of ether oxygens (including phenoxy) is 1. The van der Waals surface area contributed by atoms with E-state index in [1.807, 2.05) is 18.2 Å². The van der Waals surface area contributed by atoms with Crippen molar-refractivity contribution < 1.29 is 14.6 Å². The van der Waals surface area contributed by atoms with Crippen molar-refractivity contribution in [2.45, 2.75) is 18.4 Å². The summed E-state index contributed by atoms with van der Waals surface area (Å²) < 4.78 is 4.69. The van der Waals surface area contributed by atoms with Gasteiger partial charge in [-0.15, -0.1) is 0 Å². The number of hydrogen-bond donors (Lipinski definition) is 2. The third-order valence-corrected chi connectivity index (χ3v) is 3.19. The van der Waals surface area contributed by atoms with Crippen molar-refractivity contribution in [3.63, 3.8) is 0 Å². The standard InChI is InChI=1S/C13H17NO3/c1-17-13(16)10-4-2-3-9(7-10)11-5-6-14-8-12(11)15/h2-4,7,11-12,14-15H,5-6,8H2,1H3. The largest absolute Gasteiger partial charge is 0.465 e. The Morgan fingerprint density at radius 1 is 1.53 bits per heavy atom. The normalized spacial score (nSPS) is 24.4. The Balaban J connectivity index is 2.23. The summed E-state index contributed by atoms with van der Waals surface area (Å²) in [7, 11) is 1.37. The van der Waals surface area contributed by atoms with Gasteiger partial charge in [0.05, 0.1) is 18.8 Å². The van der Waals surface area contributed by atoms with E-state index in [0.29, 0.717) is 12.1 Å². The van der Waals surface area contributed by atoms with Crippen molar-refractivity contribution >= 4 is 5.97 Å². The molecule has 2 rings (SSSR count). The van der Waals surface area contributed by atoms with Crippen LogP contribution >= 0.6 is 0 Å². The molecule has 4 heteroatoms. The van der Waals surface area contributed by atoms with Gasteiger partial charge in [-0.2, -0.15) is 0 Å². The van der Waals surface area contributed by atoms with Crippen LogP contribution in [0.2, 0.25) is 0 Å². The molecule has 0 aromatic heterocycles. The fraction of sp³-hybridized carbons (Fsp3) is 0.462. The van der Waals surface area contributed by atoms with Gasteiger partial charge in [-0.1, -0.05) is 12.1 Å². The fourth-order valence-corrected chi connectivity index (χ4v) is 2.25. The summed E-state index contributed by atoms with van der Waals surface area (Å²) in [6.07, 6.45) is 0.489. The first-order chi connectivity index (χ1) is 8.22. The Morgan fingerprint density at radius 2 is 2.35 bits per heavy atom. The Labute approximate surface area is 101 Å². The molecule has 2 N–H and O–H groups in total. The van der Waals surface area contributed by atoms with Crippen LogP contribution in [0.25, 0.3) is 0 Å². The molecule has 1 aliphatic heterocycles. The monoisotopic (exact) mass is 235 g/mol. The minimum Gasteiger partial charge on any atom is -0.465 e. The lowest BCUT2D eigenvalue weighted by Gasteiger charge is -2.28. The number of nitrogens with one attached hydrogen (secondary N) is 1. The molecule has 1 aromatic carbocycles. The van der Waals surface area contributed by atoms with Crippen LogP contribution in [0.4, 0.5) is 0 Å². The number of esters is 1. The van der Waals surface area contributed by atoms with E-state index in [1.54, 1.807) is 6.07 Å². The average Bonchev–Trinajstić information content (AvgIpc) is 2.38. The number of piperidine rings is 1. The van der Waals surface area contributed by atoms with Gasteiger partial charge in [0.1, 0.15) is 0 Å². The minimum absolute atomic E-state index is 0.0980. The van der Waals surface area contributed by atoms with Gasteiger partial charge in [-0.05, 0) is 30.7 Å². The second-order valence-electron chi connectivity index (χ2n) is 4.28. The summed E-state index contributed by atoms with van der Waals surface area (Å²) in [6.45, 7) is 1.50. The van der Waals surface area contributed by atoms with Crippen LogP contribution in [-0.2, 0) is 4.74 Å². The number of β-amino-alcohol motifs (C(OH)–C–C–N with tert-alkyl or cyclic N) is 1. The van der Waals surface area contributed by atoms with Crippen LogP contribution in [0, 0.1) is 0 Å². The topological polar surface area (TPSA) is 58.6 Å². The van der Waals surface area contributed by atoms with Gasteiger partial charge in [-0.3, -0.25) is 0 Å². The maximum Gasteiger partial charge on any atom is 0.337 e. The summed E-state index contributed by atoms with van der Waals surface area (Å²) in [5.74, 6) is -0.240. The lowest BCUT2D eigenvalue weighted by Crippen LogP contribution is -2.39. The van der Waals surface area contributed by atoms with Crippen molar-refractivity contribution in [1.29, 1.82) is 0 Å². The zero-order valence-corrected chi connectivity index (χ0v) is 9.85. The molecule has 0 saturated carbocycles. The first kappa shape index (κ1) is 12.1. The second-order valence-corrected chi connectivity index (χ2v) is 4.28. The third kappa shape index (κ3) is 2.65. The van der Waals surface area contributed by atoms with Gasteiger partial charge >= 0.3 is 5.97 Å². The molecular weight excluding hydrogens is 218 g/mol. The Kier molecular flexibility index (Phi) is 3.76. The number of aliphatic hydroxyl groups is 1. The molecule has 0 bridgehead atoms. The van der Waals surface area contributed by atoms with E-state index in [9.17, 15) is 9.90 Å². The predicted molar refractivity (Wildman–Crippen MR) is 64.0 cm³/mol. The third-order valence-electron chi connectivity index (χ3n) is 3.19. The van der Waals surface area contributed by atoms with Gasteiger partial charge < -0.3 is 15.2 Å². The van der Waals surface area contributed by atoms with Crippen LogP contribution in [0.5, 0.6) is 0 Å². The number of hydrogen-bond acceptors (Lipinski definition) is 4. The molecule has 17 heavy (non-hydrogen) atoms. The average molecular weight is 235 g/mol. The maximum absolute atomic E-state index is 11.4. The van der Waals surface area contributed by atoms with E-state index >= 15 is 0 Å². The molecule has 2 atom stereocenters. The molecular formula is C13H17NO3. The van der Waals surface area contributed by atoms with E-state index in [4.69, 9.17) is 4.74 Å². The number of rotatable bonds is 2. The molecule has 1 aliphatic rings. The lowest BCUT2D eigenvalue weighted by atomic mass is 9.87. The van der Waals surface area contributed by atoms with Crippen molar-refractivity contribution in [2.75, 3.05) is 20.2 Å². The van der Waals surface area contributed by atoms with Gasteiger partial charge in [0.2, 0.25) is 0 Å². The van der Waals surface area contributed by atoms with Crippen LogP contribution in [0.1, 0.15) is 28.3 Å². The minimum atomic E-state index is -0.392. The summed E-state index contributed by atoms with van der Waals surface area (Å²) in [5, 5.41) is 13.1. The van der Waals surface area contributed by atoms with Crippen molar-refractivity contribution in [2.24, 2.45) is 0 Å². The Bertz CT molecular complexity index is 405. The highest BCUT2D eigenvalue weighted by molar-refractivity contribution is 5.89. The molecule has 2 unspecified atom stereocenters. The van der Waals surface area contributed by atoms with Crippen LogP contribution in [0.3, 0.4) is 0 Å². The first-order valence-corrected chi connectivity index (χ1v) is 5.79. The highest BCUT2D eigenvalue weighted by Gasteiger charge is 2.24. The number of carbonyl (C=O) groups excluding carboxylic acids is 1. The fourth-order valence-electron chi connectivity index (χ4n) is 2.25. The van der Waals surface area contributed by atoms with Gasteiger partial charge in [-0.25, -0.2) is 4.79 Å². The maximum atomic E-state index is 11.4. The van der Waals surface area contributed by atoms with Gasteiger partial charge in [0.15, 0.2) is 0 Å². The van der Waals surface area contributed by atoms with E-state index in [-0.39, 0.29) is 11.9 Å². The van der Waals surface area contributed by atoms with E-state index < -0.39 is 6.10 Å². The Morgan fingerprint density at radius 3 is 3.06 bits per heavy atom. The van der Waals surface area contributed by atoms with Crippen molar-refractivity contribution in [3.8, 4) is 0 Å². The summed E-state index contributed by atoms with van der Waals surface area (Å²) in [6, 6.07) is 7.32. The van der Waals surface area contributed by atoms with Crippen LogP contribution < -0.4 is 5.32 Å². The second kappa shape index (κ2) is 5.29. The quantitative estimate of drug-likeness (QED) is 0.748. The number of carbonyl (C=O) groups is 1. The van der Waals surface area contributed by atoms with E-state index in [2.05, 4.69) is 5.32 Å². The lowest BCUT2D eigenvalue weighted by molar-refractivity contribution is 0.0600. The summed E-state index contributed by atoms with van der Waals surface area (Å²) in [5.41, 5.74) is 1.54. The van der Waals surface area contributed by atoms with E-state index in [0.717, 1.165) is 18.5 Å². The molecule has 0 radical (unpaired) electrons. The molecule has 4 nitrogen and oxygen atoms in total. The van der Waals surface area contributed by atoms with E-state index in [1.165, 1.54) is 7.11 Å². The highest BCUT2D eigenvalue weighted by Crippen LogP contribution is 2.26. The molecule has 0 spiro atoms. The molecule has 0 amide bonds. The zero-order valence-electron chi connectivity index (χ0n) is 9.85. The molecule has 1 fully saturated rings. The zero-order chi connectivity index (χ0) is 12.3. The molecule has 1 aromatic rings. The van der Waals surface area contributed by atoms with Crippen molar-refractivity contribution in [1.82, 2.24) is 5.32 Å². The molecule has 92 valence electrons. The predicted octanol–water partition coefficient (Wildman–Crippen LogP) is 0.911. The van der Waals surface area contributed by atoms with Crippen LogP contribution in [0.15, 0.2) is 24.3 Å². The Hall–Kier alpha value is -1.39. The number of methoxy groups -OCH3 is 1.